The number of imidazole rings is 1. The zero-order valence-corrected chi connectivity index (χ0v) is 16.0. The van der Waals surface area contributed by atoms with Gasteiger partial charge in [-0.25, -0.2) is 4.98 Å². The Morgan fingerprint density at radius 2 is 1.45 bits per heavy atom. The Hall–Kier alpha value is -4.06. The van der Waals surface area contributed by atoms with Crippen molar-refractivity contribution >= 4 is 17.2 Å². The van der Waals surface area contributed by atoms with Gasteiger partial charge in [0.1, 0.15) is 12.8 Å². The minimum absolute atomic E-state index is 0.318. The van der Waals surface area contributed by atoms with E-state index in [-0.39, 0.29) is 0 Å². The molecule has 144 valence electrons. The molecule has 2 heterocycles. The van der Waals surface area contributed by atoms with Crippen LogP contribution in [0.2, 0.25) is 0 Å². The fourth-order valence-corrected chi connectivity index (χ4v) is 3.14. The lowest BCUT2D eigenvalue weighted by atomic mass is 10.0. The van der Waals surface area contributed by atoms with E-state index >= 15 is 0 Å². The van der Waals surface area contributed by atoms with E-state index in [1.807, 2.05) is 53.2 Å². The fraction of sp³-hybridized carbons (Fsp3) is 0.0435. The summed E-state index contributed by atoms with van der Waals surface area (Å²) < 4.78 is 1.93. The highest BCUT2D eigenvalue weighted by Gasteiger charge is 2.08. The van der Waals surface area contributed by atoms with E-state index < -0.39 is 0 Å². The molecule has 0 aliphatic heterocycles. The summed E-state index contributed by atoms with van der Waals surface area (Å²) in [6.07, 6.45) is 3.85. The maximum Gasteiger partial charge on any atom is 0.171 e. The Labute approximate surface area is 168 Å². The topological polar surface area (TPSA) is 90.9 Å². The van der Waals surface area contributed by atoms with Crippen LogP contribution in [0.3, 0.4) is 0 Å². The lowest BCUT2D eigenvalue weighted by Crippen LogP contribution is -2.14. The van der Waals surface area contributed by atoms with Crippen molar-refractivity contribution in [1.82, 2.24) is 9.38 Å². The van der Waals surface area contributed by atoms with Crippen LogP contribution in [0.25, 0.3) is 33.7 Å². The highest BCUT2D eigenvalue weighted by Crippen LogP contribution is 2.25. The number of hydrogen-bond donors (Lipinski definition) is 2. The zero-order chi connectivity index (χ0) is 20.4. The molecule has 0 aliphatic carbocycles. The number of nitrogens with zero attached hydrogens (tertiary/aromatic N) is 3. The van der Waals surface area contributed by atoms with E-state index in [0.29, 0.717) is 11.5 Å². The van der Waals surface area contributed by atoms with Crippen LogP contribution in [-0.2, 0) is 4.84 Å². The maximum absolute atomic E-state index is 5.89. The summed E-state index contributed by atoms with van der Waals surface area (Å²) in [7, 11) is 1.47. The van der Waals surface area contributed by atoms with Crippen LogP contribution in [0.4, 0.5) is 0 Å². The molecule has 4 N–H and O–H groups in total. The Morgan fingerprint density at radius 3 is 2.07 bits per heavy atom. The van der Waals surface area contributed by atoms with Crippen molar-refractivity contribution in [3.05, 3.63) is 90.8 Å². The van der Waals surface area contributed by atoms with E-state index in [9.17, 15) is 0 Å². The molecule has 29 heavy (non-hydrogen) atoms. The fourth-order valence-electron chi connectivity index (χ4n) is 3.14. The average molecular weight is 383 g/mol. The smallest absolute Gasteiger partial charge is 0.171 e. The van der Waals surface area contributed by atoms with Gasteiger partial charge in [0.25, 0.3) is 0 Å². The minimum atomic E-state index is 0.318. The number of benzene rings is 2. The number of pyridine rings is 1. The van der Waals surface area contributed by atoms with Crippen LogP contribution in [0.5, 0.6) is 0 Å². The predicted molar refractivity (Wildman–Crippen MR) is 117 cm³/mol. The average Bonchev–Trinajstić information content (AvgIpc) is 3.17. The molecule has 0 amide bonds. The van der Waals surface area contributed by atoms with Gasteiger partial charge in [0, 0.05) is 29.2 Å². The van der Waals surface area contributed by atoms with E-state index in [1.165, 1.54) is 7.11 Å². The molecule has 4 aromatic rings. The van der Waals surface area contributed by atoms with Crippen molar-refractivity contribution in [2.45, 2.75) is 0 Å². The van der Waals surface area contributed by atoms with Crippen molar-refractivity contribution in [1.29, 1.82) is 0 Å². The number of aromatic nitrogens is 2. The van der Waals surface area contributed by atoms with Crippen molar-refractivity contribution < 1.29 is 4.84 Å². The van der Waals surface area contributed by atoms with Gasteiger partial charge in [-0.1, -0.05) is 60.3 Å². The van der Waals surface area contributed by atoms with Crippen molar-refractivity contribution in [3.8, 4) is 22.4 Å². The number of rotatable bonds is 5. The summed E-state index contributed by atoms with van der Waals surface area (Å²) >= 11 is 0. The van der Waals surface area contributed by atoms with Crippen LogP contribution >= 0.6 is 0 Å². The van der Waals surface area contributed by atoms with E-state index in [0.717, 1.165) is 39.2 Å². The van der Waals surface area contributed by atoms with Gasteiger partial charge in [0.15, 0.2) is 5.84 Å². The standard InChI is InChI=1S/C23H21N5O/c1-15(24)16-3-5-17(6-4-16)18-7-9-19(10-8-18)21-14-28-13-20(23(25)27-29-2)11-12-22(28)26-21/h3-14H,1,24H2,2H3,(H2,25,27). The van der Waals surface area contributed by atoms with Crippen molar-refractivity contribution in [2.75, 3.05) is 7.11 Å². The number of hydrogen-bond acceptors (Lipinski definition) is 4. The molecule has 0 bridgehead atoms. The molecule has 2 aromatic carbocycles. The monoisotopic (exact) mass is 383 g/mol. The van der Waals surface area contributed by atoms with Crippen LogP contribution < -0.4 is 11.5 Å². The van der Waals surface area contributed by atoms with Gasteiger partial charge in [-0.05, 0) is 28.8 Å². The Kier molecular flexibility index (Phi) is 4.75. The molecule has 4 rings (SSSR count). The lowest BCUT2D eigenvalue weighted by molar-refractivity contribution is 0.213. The first-order chi connectivity index (χ1) is 14.0. The quantitative estimate of drug-likeness (QED) is 0.311. The summed E-state index contributed by atoms with van der Waals surface area (Å²) in [6, 6.07) is 20.1. The van der Waals surface area contributed by atoms with Gasteiger partial charge < -0.3 is 20.7 Å². The Bertz CT molecular complexity index is 1200. The lowest BCUT2D eigenvalue weighted by Gasteiger charge is -2.05. The van der Waals surface area contributed by atoms with Gasteiger partial charge in [0.2, 0.25) is 0 Å². The van der Waals surface area contributed by atoms with E-state index in [1.54, 1.807) is 0 Å². The molecule has 0 radical (unpaired) electrons. The summed E-state index contributed by atoms with van der Waals surface area (Å²) in [5.74, 6) is 0.318. The molecule has 0 spiro atoms. The second-order valence-electron chi connectivity index (χ2n) is 6.65. The summed E-state index contributed by atoms with van der Waals surface area (Å²) in [5.41, 5.74) is 18.9. The maximum atomic E-state index is 5.89. The largest absolute Gasteiger partial charge is 0.399 e. The molecular formula is C23H21N5O. The third kappa shape index (κ3) is 3.68. The summed E-state index contributed by atoms with van der Waals surface area (Å²) in [4.78, 5) is 9.43. The second kappa shape index (κ2) is 7.52. The number of oxime groups is 1. The summed E-state index contributed by atoms with van der Waals surface area (Å²) in [5, 5.41) is 3.77. The zero-order valence-electron chi connectivity index (χ0n) is 16.0. The first-order valence-corrected chi connectivity index (χ1v) is 9.06. The molecule has 0 saturated carbocycles. The highest BCUT2D eigenvalue weighted by molar-refractivity contribution is 5.97. The molecule has 0 unspecified atom stereocenters. The minimum Gasteiger partial charge on any atom is -0.399 e. The Morgan fingerprint density at radius 1 is 0.862 bits per heavy atom. The van der Waals surface area contributed by atoms with Crippen molar-refractivity contribution in [3.63, 3.8) is 0 Å². The molecular weight excluding hydrogens is 362 g/mol. The molecule has 0 aliphatic rings. The third-order valence-electron chi connectivity index (χ3n) is 4.71. The van der Waals surface area contributed by atoms with Gasteiger partial charge in [-0.15, -0.1) is 0 Å². The van der Waals surface area contributed by atoms with E-state index in [2.05, 4.69) is 36.0 Å². The first-order valence-electron chi connectivity index (χ1n) is 9.06. The highest BCUT2D eigenvalue weighted by atomic mass is 16.6. The second-order valence-corrected chi connectivity index (χ2v) is 6.65. The predicted octanol–water partition coefficient (Wildman–Crippen LogP) is 3.86. The van der Waals surface area contributed by atoms with Gasteiger partial charge in [-0.3, -0.25) is 0 Å². The number of nitrogens with two attached hydrogens (primary N) is 2. The summed E-state index contributed by atoms with van der Waals surface area (Å²) in [6.45, 7) is 3.76. The van der Waals surface area contributed by atoms with Crippen LogP contribution in [0.15, 0.2) is 84.8 Å². The Balaban J connectivity index is 1.62. The molecule has 0 saturated heterocycles. The molecule has 0 atom stereocenters. The van der Waals surface area contributed by atoms with Crippen molar-refractivity contribution in [2.24, 2.45) is 16.6 Å². The molecule has 2 aromatic heterocycles. The SMILES string of the molecule is C=C(N)c1ccc(-c2ccc(-c3cn4cc(/C(N)=N/OC)ccc4n3)cc2)cc1. The van der Waals surface area contributed by atoms with Crippen LogP contribution in [0.1, 0.15) is 11.1 Å². The number of fused-ring (bicyclic) bond motifs is 1. The van der Waals surface area contributed by atoms with E-state index in [4.69, 9.17) is 21.3 Å². The normalized spacial score (nSPS) is 11.6. The van der Waals surface area contributed by atoms with Gasteiger partial charge >= 0.3 is 0 Å². The third-order valence-corrected chi connectivity index (χ3v) is 4.71. The van der Waals surface area contributed by atoms with Crippen LogP contribution in [-0.4, -0.2) is 22.3 Å². The molecule has 0 fully saturated rings. The first kappa shape index (κ1) is 18.3. The molecule has 6 heteroatoms. The van der Waals surface area contributed by atoms with Crippen LogP contribution in [0, 0.1) is 0 Å². The van der Waals surface area contributed by atoms with Gasteiger partial charge in [-0.2, -0.15) is 0 Å². The van der Waals surface area contributed by atoms with Gasteiger partial charge in [0.05, 0.1) is 5.69 Å². The molecule has 6 nitrogen and oxygen atoms in total. The number of amidine groups is 1.